The van der Waals surface area contributed by atoms with Crippen LogP contribution in [-0.4, -0.2) is 11.3 Å². The molecule has 90 valence electrons. The molecule has 17 heavy (non-hydrogen) atoms. The Bertz CT molecular complexity index is 568. The van der Waals surface area contributed by atoms with E-state index in [4.69, 9.17) is 11.6 Å². The van der Waals surface area contributed by atoms with Crippen molar-refractivity contribution in [1.29, 1.82) is 0 Å². The average molecular weight is 262 g/mol. The van der Waals surface area contributed by atoms with Crippen LogP contribution in [0.5, 0.6) is 5.75 Å². The second-order valence-corrected chi connectivity index (χ2v) is 3.83. The van der Waals surface area contributed by atoms with Gasteiger partial charge < -0.3 is 4.74 Å². The SMILES string of the molecule is Cc1cnc2c(OC(F)(F)F)cccc2c1Cl. The van der Waals surface area contributed by atoms with Gasteiger partial charge in [0.2, 0.25) is 0 Å². The Morgan fingerprint density at radius 1 is 1.29 bits per heavy atom. The topological polar surface area (TPSA) is 22.1 Å². The number of aryl methyl sites for hydroxylation is 1. The number of benzene rings is 1. The summed E-state index contributed by atoms with van der Waals surface area (Å²) in [7, 11) is 0. The number of pyridine rings is 1. The zero-order chi connectivity index (χ0) is 12.6. The van der Waals surface area contributed by atoms with E-state index in [1.54, 1.807) is 13.0 Å². The number of fused-ring (bicyclic) bond motifs is 1. The van der Waals surface area contributed by atoms with Gasteiger partial charge in [0, 0.05) is 11.6 Å². The van der Waals surface area contributed by atoms with Crippen molar-refractivity contribution in [1.82, 2.24) is 4.98 Å². The lowest BCUT2D eigenvalue weighted by Gasteiger charge is -2.11. The normalized spacial score (nSPS) is 11.8. The molecule has 6 heteroatoms. The Morgan fingerprint density at radius 2 is 2.00 bits per heavy atom. The van der Waals surface area contributed by atoms with Gasteiger partial charge in [-0.3, -0.25) is 4.98 Å². The molecule has 2 aromatic rings. The van der Waals surface area contributed by atoms with Crippen LogP contribution in [0.1, 0.15) is 5.56 Å². The Kier molecular flexibility index (Phi) is 2.87. The highest BCUT2D eigenvalue weighted by atomic mass is 35.5. The van der Waals surface area contributed by atoms with Gasteiger partial charge in [0.1, 0.15) is 5.52 Å². The zero-order valence-corrected chi connectivity index (χ0v) is 9.43. The number of nitrogens with zero attached hydrogens (tertiary/aromatic N) is 1. The third-order valence-corrected chi connectivity index (χ3v) is 2.70. The monoisotopic (exact) mass is 261 g/mol. The molecule has 1 aromatic heterocycles. The fourth-order valence-corrected chi connectivity index (χ4v) is 1.67. The third kappa shape index (κ3) is 2.44. The van der Waals surface area contributed by atoms with Crippen LogP contribution in [0, 0.1) is 6.92 Å². The fraction of sp³-hybridized carbons (Fsp3) is 0.182. The predicted molar refractivity (Wildman–Crippen MR) is 58.2 cm³/mol. The van der Waals surface area contributed by atoms with E-state index in [0.717, 1.165) is 0 Å². The van der Waals surface area contributed by atoms with Gasteiger partial charge in [-0.2, -0.15) is 0 Å². The minimum Gasteiger partial charge on any atom is -0.403 e. The van der Waals surface area contributed by atoms with E-state index < -0.39 is 6.36 Å². The van der Waals surface area contributed by atoms with Crippen molar-refractivity contribution in [2.24, 2.45) is 0 Å². The van der Waals surface area contributed by atoms with E-state index in [1.165, 1.54) is 18.3 Å². The van der Waals surface area contributed by atoms with Gasteiger partial charge in [-0.15, -0.1) is 13.2 Å². The van der Waals surface area contributed by atoms with Gasteiger partial charge in [-0.1, -0.05) is 23.7 Å². The molecule has 0 spiro atoms. The van der Waals surface area contributed by atoms with Crippen molar-refractivity contribution >= 4 is 22.5 Å². The first kappa shape index (κ1) is 12.0. The van der Waals surface area contributed by atoms with Crippen LogP contribution in [-0.2, 0) is 0 Å². The van der Waals surface area contributed by atoms with Gasteiger partial charge in [-0.25, -0.2) is 0 Å². The van der Waals surface area contributed by atoms with Crippen molar-refractivity contribution in [3.63, 3.8) is 0 Å². The number of hydrogen-bond donors (Lipinski definition) is 0. The Labute approximate surface area is 100.0 Å². The van der Waals surface area contributed by atoms with Crippen LogP contribution < -0.4 is 4.74 Å². The number of ether oxygens (including phenoxy) is 1. The van der Waals surface area contributed by atoms with Crippen molar-refractivity contribution < 1.29 is 17.9 Å². The second kappa shape index (κ2) is 4.07. The highest BCUT2D eigenvalue weighted by Gasteiger charge is 2.32. The van der Waals surface area contributed by atoms with Gasteiger partial charge in [-0.05, 0) is 18.6 Å². The summed E-state index contributed by atoms with van der Waals surface area (Å²) in [4.78, 5) is 3.92. The minimum atomic E-state index is -4.74. The van der Waals surface area contributed by atoms with E-state index in [2.05, 4.69) is 9.72 Å². The van der Waals surface area contributed by atoms with Crippen LogP contribution in [0.25, 0.3) is 10.9 Å². The molecule has 2 rings (SSSR count). The molecule has 0 atom stereocenters. The van der Waals surface area contributed by atoms with E-state index in [0.29, 0.717) is 16.0 Å². The molecule has 2 nitrogen and oxygen atoms in total. The van der Waals surface area contributed by atoms with Gasteiger partial charge in [0.15, 0.2) is 5.75 Å². The fourth-order valence-electron chi connectivity index (χ4n) is 1.47. The molecule has 0 amide bonds. The highest BCUT2D eigenvalue weighted by molar-refractivity contribution is 6.36. The molecule has 0 aliphatic carbocycles. The largest absolute Gasteiger partial charge is 0.573 e. The molecule has 1 heterocycles. The lowest BCUT2D eigenvalue weighted by atomic mass is 10.1. The molecule has 0 saturated carbocycles. The maximum absolute atomic E-state index is 12.2. The average Bonchev–Trinajstić information content (AvgIpc) is 2.22. The van der Waals surface area contributed by atoms with Gasteiger partial charge >= 0.3 is 6.36 Å². The quantitative estimate of drug-likeness (QED) is 0.771. The van der Waals surface area contributed by atoms with E-state index >= 15 is 0 Å². The molecule has 0 N–H and O–H groups in total. The zero-order valence-electron chi connectivity index (χ0n) is 8.68. The van der Waals surface area contributed by atoms with E-state index in [-0.39, 0.29) is 11.3 Å². The molecule has 1 aromatic carbocycles. The summed E-state index contributed by atoms with van der Waals surface area (Å²) in [5.41, 5.74) is 0.795. The number of aromatic nitrogens is 1. The Balaban J connectivity index is 2.63. The maximum Gasteiger partial charge on any atom is 0.573 e. The Hall–Kier alpha value is -1.49. The number of hydrogen-bond acceptors (Lipinski definition) is 2. The number of alkyl halides is 3. The van der Waals surface area contributed by atoms with Gasteiger partial charge in [0.25, 0.3) is 0 Å². The summed E-state index contributed by atoms with van der Waals surface area (Å²) in [6.07, 6.45) is -3.33. The molecule has 0 bridgehead atoms. The predicted octanol–water partition coefficient (Wildman–Crippen LogP) is 4.10. The van der Waals surface area contributed by atoms with Crippen LogP contribution >= 0.6 is 11.6 Å². The molecule has 0 fully saturated rings. The van der Waals surface area contributed by atoms with E-state index in [1.807, 2.05) is 0 Å². The summed E-state index contributed by atoms with van der Waals surface area (Å²) in [5, 5.41) is 0.816. The highest BCUT2D eigenvalue weighted by Crippen LogP contribution is 2.33. The smallest absolute Gasteiger partial charge is 0.403 e. The lowest BCUT2D eigenvalue weighted by Crippen LogP contribution is -2.17. The third-order valence-electron chi connectivity index (χ3n) is 2.19. The standard InChI is InChI=1S/C11H7ClF3NO/c1-6-5-16-10-7(9(6)12)3-2-4-8(10)17-11(13,14)15/h2-5H,1H3. The van der Waals surface area contributed by atoms with Crippen molar-refractivity contribution in [3.8, 4) is 5.75 Å². The van der Waals surface area contributed by atoms with Crippen molar-refractivity contribution in [2.45, 2.75) is 13.3 Å². The van der Waals surface area contributed by atoms with Crippen LogP contribution in [0.15, 0.2) is 24.4 Å². The Morgan fingerprint density at radius 3 is 2.65 bits per heavy atom. The molecule has 0 radical (unpaired) electrons. The van der Waals surface area contributed by atoms with Crippen molar-refractivity contribution in [2.75, 3.05) is 0 Å². The molecule has 0 unspecified atom stereocenters. The van der Waals surface area contributed by atoms with Crippen LogP contribution in [0.2, 0.25) is 5.02 Å². The summed E-state index contributed by atoms with van der Waals surface area (Å²) < 4.78 is 40.4. The molecular weight excluding hydrogens is 255 g/mol. The first-order chi connectivity index (χ1) is 7.88. The number of rotatable bonds is 1. The minimum absolute atomic E-state index is 0.0976. The maximum atomic E-state index is 12.2. The van der Waals surface area contributed by atoms with Crippen molar-refractivity contribution in [3.05, 3.63) is 35.0 Å². The second-order valence-electron chi connectivity index (χ2n) is 3.46. The van der Waals surface area contributed by atoms with Gasteiger partial charge in [0.05, 0.1) is 5.02 Å². The summed E-state index contributed by atoms with van der Waals surface area (Å²) in [6, 6.07) is 4.24. The number of halogens is 4. The lowest BCUT2D eigenvalue weighted by molar-refractivity contribution is -0.274. The molecular formula is C11H7ClF3NO. The summed E-state index contributed by atoms with van der Waals surface area (Å²) in [5.74, 6) is -0.350. The summed E-state index contributed by atoms with van der Waals surface area (Å²) >= 11 is 5.99. The first-order valence-corrected chi connectivity index (χ1v) is 5.06. The molecule has 0 saturated heterocycles. The molecule has 0 aliphatic rings. The molecule has 0 aliphatic heterocycles. The van der Waals surface area contributed by atoms with E-state index in [9.17, 15) is 13.2 Å². The van der Waals surface area contributed by atoms with Crippen LogP contribution in [0.3, 0.4) is 0 Å². The summed E-state index contributed by atoms with van der Waals surface area (Å²) in [6.45, 7) is 1.73. The first-order valence-electron chi connectivity index (χ1n) is 4.68. The number of para-hydroxylation sites is 1. The van der Waals surface area contributed by atoms with Crippen LogP contribution in [0.4, 0.5) is 13.2 Å².